The Morgan fingerprint density at radius 3 is 2.53 bits per heavy atom. The first-order valence-corrected chi connectivity index (χ1v) is 5.99. The second kappa shape index (κ2) is 6.86. The third-order valence-electron chi connectivity index (χ3n) is 2.06. The van der Waals surface area contributed by atoms with Crippen molar-refractivity contribution in [1.29, 1.82) is 0 Å². The monoisotopic (exact) mass is 297 g/mol. The van der Waals surface area contributed by atoms with Crippen LogP contribution in [0.25, 0.3) is 0 Å². The van der Waals surface area contributed by atoms with Crippen molar-refractivity contribution in [2.45, 2.75) is 6.92 Å². The molecule has 1 rings (SSSR count). The van der Waals surface area contributed by atoms with Gasteiger partial charge in [-0.2, -0.15) is 0 Å². The number of nitrogens with one attached hydrogen (secondary N) is 1. The number of thiocarbonyl (C=S) groups is 1. The van der Waals surface area contributed by atoms with Crippen LogP contribution in [0.15, 0.2) is 40.6 Å². The molecule has 1 amide bonds. The number of nitrogens with two attached hydrogens (primary N) is 1. The van der Waals surface area contributed by atoms with Crippen molar-refractivity contribution < 1.29 is 9.90 Å². The van der Waals surface area contributed by atoms with Gasteiger partial charge in [-0.15, -0.1) is 0 Å². The van der Waals surface area contributed by atoms with Gasteiger partial charge in [0, 0.05) is 16.9 Å². The van der Waals surface area contributed by atoms with Gasteiger partial charge in [0.05, 0.1) is 5.57 Å². The lowest BCUT2D eigenvalue weighted by molar-refractivity contribution is -0.112. The van der Waals surface area contributed by atoms with Crippen LogP contribution < -0.4 is 11.1 Å². The van der Waals surface area contributed by atoms with Crippen molar-refractivity contribution in [2.24, 2.45) is 10.7 Å². The van der Waals surface area contributed by atoms with Crippen LogP contribution in [0.3, 0.4) is 0 Å². The molecule has 0 saturated heterocycles. The number of rotatable bonds is 3. The van der Waals surface area contributed by atoms with Gasteiger partial charge in [0.1, 0.15) is 5.76 Å². The largest absolute Gasteiger partial charge is 0.512 e. The number of allylic oxidation sites excluding steroid dienone is 1. The fourth-order valence-corrected chi connectivity index (χ4v) is 1.35. The van der Waals surface area contributed by atoms with Crippen LogP contribution in [0.1, 0.15) is 6.92 Å². The molecule has 0 atom stereocenters. The van der Waals surface area contributed by atoms with Gasteiger partial charge in [-0.3, -0.25) is 4.79 Å². The van der Waals surface area contributed by atoms with Gasteiger partial charge in [0.25, 0.3) is 5.91 Å². The Labute approximate surface area is 120 Å². The van der Waals surface area contributed by atoms with E-state index in [0.717, 1.165) is 6.21 Å². The van der Waals surface area contributed by atoms with Gasteiger partial charge in [-0.1, -0.05) is 11.6 Å². The summed E-state index contributed by atoms with van der Waals surface area (Å²) >= 11 is 10.3. The van der Waals surface area contributed by atoms with Crippen LogP contribution in [0, 0.1) is 0 Å². The van der Waals surface area contributed by atoms with Crippen molar-refractivity contribution in [3.05, 3.63) is 40.6 Å². The Morgan fingerprint density at radius 1 is 1.47 bits per heavy atom. The number of amides is 1. The highest BCUT2D eigenvalue weighted by molar-refractivity contribution is 7.80. The van der Waals surface area contributed by atoms with Gasteiger partial charge >= 0.3 is 0 Å². The standard InChI is InChI=1S/C12H12ClN3O2S/c1-7(17)10(6-15-12(14)19)11(18)16-9-4-2-8(13)3-5-9/h2-6,17H,1H3,(H2,14,19)(H,16,18)/b10-7-,15-6+. The van der Waals surface area contributed by atoms with E-state index in [1.54, 1.807) is 24.3 Å². The van der Waals surface area contributed by atoms with Crippen molar-refractivity contribution >= 4 is 46.7 Å². The van der Waals surface area contributed by atoms with E-state index in [4.69, 9.17) is 17.3 Å². The lowest BCUT2D eigenvalue weighted by Gasteiger charge is -2.06. The molecule has 1 aromatic rings. The molecule has 0 heterocycles. The minimum Gasteiger partial charge on any atom is -0.512 e. The smallest absolute Gasteiger partial charge is 0.260 e. The number of halogens is 1. The Bertz CT molecular complexity index is 549. The summed E-state index contributed by atoms with van der Waals surface area (Å²) in [6.45, 7) is 1.36. The molecule has 0 unspecified atom stereocenters. The summed E-state index contributed by atoms with van der Waals surface area (Å²) in [7, 11) is 0. The zero-order chi connectivity index (χ0) is 14.4. The molecular weight excluding hydrogens is 286 g/mol. The summed E-state index contributed by atoms with van der Waals surface area (Å²) in [5, 5.41) is 12.5. The molecule has 0 saturated carbocycles. The molecule has 1 aromatic carbocycles. The van der Waals surface area contributed by atoms with E-state index >= 15 is 0 Å². The van der Waals surface area contributed by atoms with Gasteiger partial charge < -0.3 is 16.2 Å². The normalized spacial score (nSPS) is 12.1. The number of aliphatic hydroxyl groups excluding tert-OH is 1. The summed E-state index contributed by atoms with van der Waals surface area (Å²) in [4.78, 5) is 15.5. The number of benzene rings is 1. The second-order valence-corrected chi connectivity index (χ2v) is 4.41. The Balaban J connectivity index is 2.88. The van der Waals surface area contributed by atoms with Gasteiger partial charge in [-0.25, -0.2) is 4.99 Å². The summed E-state index contributed by atoms with van der Waals surface area (Å²) in [6.07, 6.45) is 1.11. The SMILES string of the molecule is C/C(O)=C(\C=N\C(N)=S)C(=O)Nc1ccc(Cl)cc1. The first-order valence-electron chi connectivity index (χ1n) is 5.20. The predicted molar refractivity (Wildman–Crippen MR) is 80.7 cm³/mol. The number of anilines is 1. The van der Waals surface area contributed by atoms with E-state index < -0.39 is 5.91 Å². The molecule has 4 N–H and O–H groups in total. The number of aliphatic hydroxyl groups is 1. The predicted octanol–water partition coefficient (Wildman–Crippen LogP) is 2.42. The molecule has 0 spiro atoms. The molecule has 5 nitrogen and oxygen atoms in total. The summed E-state index contributed by atoms with van der Waals surface area (Å²) in [6, 6.07) is 6.54. The van der Waals surface area contributed by atoms with E-state index in [2.05, 4.69) is 22.5 Å². The van der Waals surface area contributed by atoms with Crippen molar-refractivity contribution in [3.8, 4) is 0 Å². The third-order valence-corrected chi connectivity index (χ3v) is 2.41. The molecule has 0 fully saturated rings. The van der Waals surface area contributed by atoms with Crippen LogP contribution in [-0.4, -0.2) is 22.3 Å². The highest BCUT2D eigenvalue weighted by atomic mass is 35.5. The van der Waals surface area contributed by atoms with Gasteiger partial charge in [-0.05, 0) is 43.4 Å². The first-order chi connectivity index (χ1) is 8.90. The maximum atomic E-state index is 11.9. The lowest BCUT2D eigenvalue weighted by atomic mass is 10.2. The molecule has 19 heavy (non-hydrogen) atoms. The molecule has 0 aromatic heterocycles. The number of aliphatic imine (C=N–C) groups is 1. The summed E-state index contributed by atoms with van der Waals surface area (Å²) in [5.74, 6) is -0.714. The minimum absolute atomic E-state index is 0.0252. The van der Waals surface area contributed by atoms with Crippen LogP contribution in [0.5, 0.6) is 0 Å². The number of nitrogens with zero attached hydrogens (tertiary/aromatic N) is 1. The van der Waals surface area contributed by atoms with E-state index in [0.29, 0.717) is 10.7 Å². The summed E-state index contributed by atoms with van der Waals surface area (Å²) in [5.41, 5.74) is 5.71. The highest BCUT2D eigenvalue weighted by Gasteiger charge is 2.11. The van der Waals surface area contributed by atoms with Crippen molar-refractivity contribution in [3.63, 3.8) is 0 Å². The van der Waals surface area contributed by atoms with Gasteiger partial charge in [0.15, 0.2) is 5.11 Å². The zero-order valence-electron chi connectivity index (χ0n) is 10.1. The van der Waals surface area contributed by atoms with Crippen LogP contribution in [-0.2, 0) is 4.79 Å². The Kier molecular flexibility index (Phi) is 5.47. The maximum absolute atomic E-state index is 11.9. The quantitative estimate of drug-likeness (QED) is 0.346. The van der Waals surface area contributed by atoms with E-state index in [1.165, 1.54) is 6.92 Å². The molecular formula is C12H12ClN3O2S. The Morgan fingerprint density at radius 2 is 2.05 bits per heavy atom. The maximum Gasteiger partial charge on any atom is 0.260 e. The average molecular weight is 298 g/mol. The molecule has 0 aliphatic rings. The van der Waals surface area contributed by atoms with Gasteiger partial charge in [0.2, 0.25) is 0 Å². The van der Waals surface area contributed by atoms with Crippen molar-refractivity contribution in [1.82, 2.24) is 0 Å². The molecule has 7 heteroatoms. The average Bonchev–Trinajstić information content (AvgIpc) is 2.31. The lowest BCUT2D eigenvalue weighted by Crippen LogP contribution is -2.17. The fourth-order valence-electron chi connectivity index (χ4n) is 1.18. The van der Waals surface area contributed by atoms with E-state index in [1.807, 2.05) is 0 Å². The molecule has 0 aliphatic carbocycles. The minimum atomic E-state index is -0.526. The fraction of sp³-hybridized carbons (Fsp3) is 0.0833. The number of hydrogen-bond donors (Lipinski definition) is 3. The first kappa shape index (κ1) is 15.1. The van der Waals surface area contributed by atoms with Crippen molar-refractivity contribution in [2.75, 3.05) is 5.32 Å². The van der Waals surface area contributed by atoms with E-state index in [-0.39, 0.29) is 16.4 Å². The topological polar surface area (TPSA) is 87.7 Å². The molecule has 100 valence electrons. The molecule has 0 radical (unpaired) electrons. The third kappa shape index (κ3) is 5.07. The van der Waals surface area contributed by atoms with Crippen LogP contribution in [0.4, 0.5) is 5.69 Å². The van der Waals surface area contributed by atoms with Crippen LogP contribution in [0.2, 0.25) is 5.02 Å². The molecule has 0 aliphatic heterocycles. The number of hydrogen-bond acceptors (Lipinski definition) is 3. The zero-order valence-corrected chi connectivity index (χ0v) is 11.6. The second-order valence-electron chi connectivity index (χ2n) is 3.56. The number of carbonyl (C=O) groups excluding carboxylic acids is 1. The Hall–Kier alpha value is -1.92. The van der Waals surface area contributed by atoms with E-state index in [9.17, 15) is 9.90 Å². The van der Waals surface area contributed by atoms with Crippen LogP contribution >= 0.6 is 23.8 Å². The highest BCUT2D eigenvalue weighted by Crippen LogP contribution is 2.14. The number of carbonyl (C=O) groups is 1. The summed E-state index contributed by atoms with van der Waals surface area (Å²) < 4.78 is 0. The molecule has 0 bridgehead atoms.